The molecule has 0 saturated heterocycles. The number of carboxylic acids is 1. The molecule has 0 radical (unpaired) electrons. The van der Waals surface area contributed by atoms with Gasteiger partial charge in [0.05, 0.1) is 12.7 Å². The molecule has 28 heavy (non-hydrogen) atoms. The third kappa shape index (κ3) is 2.79. The van der Waals surface area contributed by atoms with Gasteiger partial charge in [-0.3, -0.25) is 4.79 Å². The second-order valence-corrected chi connectivity index (χ2v) is 6.91. The molecule has 0 unspecified atom stereocenters. The van der Waals surface area contributed by atoms with Gasteiger partial charge in [-0.25, -0.2) is 14.3 Å². The molecule has 1 aliphatic rings. The van der Waals surface area contributed by atoms with Crippen molar-refractivity contribution in [2.75, 3.05) is 0 Å². The van der Waals surface area contributed by atoms with Crippen LogP contribution in [0.15, 0.2) is 47.3 Å². The summed E-state index contributed by atoms with van der Waals surface area (Å²) in [5, 5.41) is 17.1. The maximum atomic E-state index is 12.5. The van der Waals surface area contributed by atoms with Gasteiger partial charge in [0, 0.05) is 17.8 Å². The summed E-state index contributed by atoms with van der Waals surface area (Å²) in [6.07, 6.45) is 6.93. The average Bonchev–Trinajstić information content (AvgIpc) is 3.32. The van der Waals surface area contributed by atoms with Crippen LogP contribution in [-0.4, -0.2) is 31.6 Å². The average molecular weight is 376 g/mol. The lowest BCUT2D eigenvalue weighted by molar-refractivity contribution is 0.0697. The summed E-state index contributed by atoms with van der Waals surface area (Å²) in [7, 11) is 0. The molecular formula is C20H16N4O4. The lowest BCUT2D eigenvalue weighted by Gasteiger charge is -2.02. The van der Waals surface area contributed by atoms with E-state index < -0.39 is 5.97 Å². The first-order chi connectivity index (χ1) is 13.6. The van der Waals surface area contributed by atoms with E-state index in [1.54, 1.807) is 30.6 Å². The zero-order chi connectivity index (χ0) is 19.3. The number of furan rings is 1. The molecule has 3 heterocycles. The van der Waals surface area contributed by atoms with Gasteiger partial charge in [-0.15, -0.1) is 0 Å². The van der Waals surface area contributed by atoms with E-state index in [-0.39, 0.29) is 18.0 Å². The predicted octanol–water partition coefficient (Wildman–Crippen LogP) is 2.98. The number of amides is 1. The number of benzene rings is 1. The van der Waals surface area contributed by atoms with Crippen molar-refractivity contribution >= 4 is 28.5 Å². The van der Waals surface area contributed by atoms with Crippen LogP contribution in [0.4, 0.5) is 0 Å². The number of fused-ring (bicyclic) bond motifs is 2. The molecule has 1 amide bonds. The van der Waals surface area contributed by atoms with Crippen LogP contribution in [0, 0.1) is 0 Å². The Morgan fingerprint density at radius 1 is 1.25 bits per heavy atom. The third-order valence-electron chi connectivity index (χ3n) is 4.92. The fraction of sp³-hybridized carbons (Fsp3) is 0.200. The molecule has 3 aromatic heterocycles. The maximum Gasteiger partial charge on any atom is 0.339 e. The molecule has 0 atom stereocenters. The summed E-state index contributed by atoms with van der Waals surface area (Å²) < 4.78 is 7.26. The van der Waals surface area contributed by atoms with Gasteiger partial charge >= 0.3 is 5.97 Å². The quantitative estimate of drug-likeness (QED) is 0.554. The number of aromatic nitrogens is 3. The predicted molar refractivity (Wildman–Crippen MR) is 99.3 cm³/mol. The Morgan fingerprint density at radius 2 is 2.11 bits per heavy atom. The number of hydrogen-bond acceptors (Lipinski definition) is 5. The second-order valence-electron chi connectivity index (χ2n) is 6.91. The smallest absolute Gasteiger partial charge is 0.339 e. The fourth-order valence-corrected chi connectivity index (χ4v) is 3.38. The van der Waals surface area contributed by atoms with E-state index in [0.29, 0.717) is 28.5 Å². The lowest BCUT2D eigenvalue weighted by Crippen LogP contribution is -2.22. The van der Waals surface area contributed by atoms with Crippen molar-refractivity contribution in [2.24, 2.45) is 0 Å². The fourth-order valence-electron chi connectivity index (χ4n) is 3.38. The van der Waals surface area contributed by atoms with Crippen LogP contribution in [0.5, 0.6) is 0 Å². The Labute approximate surface area is 158 Å². The van der Waals surface area contributed by atoms with Gasteiger partial charge in [-0.2, -0.15) is 5.10 Å². The summed E-state index contributed by atoms with van der Waals surface area (Å²) in [5.41, 5.74) is 2.34. The van der Waals surface area contributed by atoms with Crippen LogP contribution in [0.25, 0.3) is 16.6 Å². The van der Waals surface area contributed by atoms with Gasteiger partial charge < -0.3 is 14.8 Å². The molecular weight excluding hydrogens is 360 g/mol. The lowest BCUT2D eigenvalue weighted by atomic mass is 10.0. The van der Waals surface area contributed by atoms with Crippen molar-refractivity contribution < 1.29 is 19.1 Å². The van der Waals surface area contributed by atoms with Gasteiger partial charge in [0.25, 0.3) is 5.91 Å². The first-order valence-electron chi connectivity index (χ1n) is 8.96. The first-order valence-corrected chi connectivity index (χ1v) is 8.96. The van der Waals surface area contributed by atoms with E-state index >= 15 is 0 Å². The molecule has 4 aromatic rings. The molecule has 1 fully saturated rings. The number of nitrogens with zero attached hydrogens (tertiary/aromatic N) is 3. The van der Waals surface area contributed by atoms with Crippen LogP contribution in [0.1, 0.15) is 50.8 Å². The number of nitrogens with one attached hydrogen (secondary N) is 1. The Kier molecular flexibility index (Phi) is 3.65. The first kappa shape index (κ1) is 16.5. The number of carboxylic acid groups (broad SMARTS) is 1. The summed E-state index contributed by atoms with van der Waals surface area (Å²) in [4.78, 5) is 28.3. The largest absolute Gasteiger partial charge is 0.478 e. The summed E-state index contributed by atoms with van der Waals surface area (Å²) in [6, 6.07) is 7.18. The summed E-state index contributed by atoms with van der Waals surface area (Å²) in [6.45, 7) is 0.134. The van der Waals surface area contributed by atoms with Crippen molar-refractivity contribution in [1.29, 1.82) is 0 Å². The molecule has 140 valence electrons. The molecule has 1 saturated carbocycles. The Bertz CT molecular complexity index is 1240. The van der Waals surface area contributed by atoms with Crippen molar-refractivity contribution in [2.45, 2.75) is 25.3 Å². The third-order valence-corrected chi connectivity index (χ3v) is 4.92. The molecule has 0 aliphatic heterocycles. The van der Waals surface area contributed by atoms with Crippen molar-refractivity contribution in [3.05, 3.63) is 65.3 Å². The molecule has 8 heteroatoms. The monoisotopic (exact) mass is 376 g/mol. The zero-order valence-electron chi connectivity index (χ0n) is 14.8. The van der Waals surface area contributed by atoms with Crippen LogP contribution in [0.3, 0.4) is 0 Å². The number of carbonyl (C=O) groups excluding carboxylic acids is 1. The molecule has 1 aliphatic carbocycles. The standard InChI is InChI=1S/C20H16N4O4/c25-19(16-10-23-24-5-1-4-21-18(16)24)22-9-14-7-13-6-12(11-2-3-11)8-15(20(26)27)17(13)28-14/h1,4-8,10-11H,2-3,9H2,(H,22,25)(H,26,27). The van der Waals surface area contributed by atoms with Crippen LogP contribution in [-0.2, 0) is 6.54 Å². The Balaban J connectivity index is 1.41. The van der Waals surface area contributed by atoms with E-state index in [0.717, 1.165) is 23.8 Å². The highest BCUT2D eigenvalue weighted by atomic mass is 16.4. The highest BCUT2D eigenvalue weighted by Gasteiger charge is 2.26. The number of hydrogen-bond donors (Lipinski definition) is 2. The van der Waals surface area contributed by atoms with Crippen LogP contribution >= 0.6 is 0 Å². The minimum Gasteiger partial charge on any atom is -0.478 e. The minimum absolute atomic E-state index is 0.134. The van der Waals surface area contributed by atoms with Crippen molar-refractivity contribution in [3.8, 4) is 0 Å². The van der Waals surface area contributed by atoms with Crippen LogP contribution in [0.2, 0.25) is 0 Å². The summed E-state index contributed by atoms with van der Waals surface area (Å²) in [5.74, 6) is -0.423. The Hall–Kier alpha value is -3.68. The van der Waals surface area contributed by atoms with Gasteiger partial charge in [0.15, 0.2) is 5.65 Å². The molecule has 8 nitrogen and oxygen atoms in total. The normalized spacial score (nSPS) is 13.9. The second kappa shape index (κ2) is 6.19. The molecule has 0 spiro atoms. The topological polar surface area (TPSA) is 110 Å². The minimum atomic E-state index is -1.02. The molecule has 1 aromatic carbocycles. The van der Waals surface area contributed by atoms with Gasteiger partial charge in [0.2, 0.25) is 0 Å². The number of aromatic carboxylic acids is 1. The number of carbonyl (C=O) groups is 2. The van der Waals surface area contributed by atoms with E-state index in [2.05, 4.69) is 15.4 Å². The van der Waals surface area contributed by atoms with Crippen molar-refractivity contribution in [3.63, 3.8) is 0 Å². The highest BCUT2D eigenvalue weighted by molar-refractivity contribution is 6.02. The maximum absolute atomic E-state index is 12.5. The van der Waals surface area contributed by atoms with E-state index in [4.69, 9.17) is 4.42 Å². The molecule has 0 bridgehead atoms. The van der Waals surface area contributed by atoms with Gasteiger partial charge in [-0.05, 0) is 48.6 Å². The van der Waals surface area contributed by atoms with Crippen LogP contribution < -0.4 is 5.32 Å². The Morgan fingerprint density at radius 3 is 2.89 bits per heavy atom. The van der Waals surface area contributed by atoms with Crippen molar-refractivity contribution in [1.82, 2.24) is 19.9 Å². The molecule has 2 N–H and O–H groups in total. The highest BCUT2D eigenvalue weighted by Crippen LogP contribution is 2.42. The van der Waals surface area contributed by atoms with Gasteiger partial charge in [0.1, 0.15) is 22.5 Å². The van der Waals surface area contributed by atoms with E-state index in [1.165, 1.54) is 10.7 Å². The molecule has 5 rings (SSSR count). The SMILES string of the molecule is O=C(O)c1cc(C2CC2)cc2cc(CNC(=O)c3cnn4cccnc34)oc12. The summed E-state index contributed by atoms with van der Waals surface area (Å²) >= 11 is 0. The number of rotatable bonds is 5. The van der Waals surface area contributed by atoms with E-state index in [9.17, 15) is 14.7 Å². The van der Waals surface area contributed by atoms with Gasteiger partial charge in [-0.1, -0.05) is 0 Å². The van der Waals surface area contributed by atoms with E-state index in [1.807, 2.05) is 6.07 Å². The zero-order valence-corrected chi connectivity index (χ0v) is 14.8.